The number of benzene rings is 7. The third kappa shape index (κ3) is 3.23. The number of para-hydroxylation sites is 4. The Morgan fingerprint density at radius 3 is 2.20 bits per heavy atom. The molecule has 226 valence electrons. The number of aromatic nitrogens is 1. The van der Waals surface area contributed by atoms with Crippen molar-refractivity contribution in [3.8, 4) is 27.9 Å². The second kappa shape index (κ2) is 9.31. The molecule has 0 aliphatic carbocycles. The summed E-state index contributed by atoms with van der Waals surface area (Å²) in [5, 5.41) is 6.19. The lowest BCUT2D eigenvalue weighted by atomic mass is 9.47. The number of nitrogens with zero attached hydrogens (tertiary/aromatic N) is 2. The van der Waals surface area contributed by atoms with Crippen molar-refractivity contribution in [3.05, 3.63) is 152 Å². The van der Waals surface area contributed by atoms with Crippen LogP contribution in [0.1, 0.15) is 0 Å². The van der Waals surface area contributed by atoms with Gasteiger partial charge in [0, 0.05) is 58.9 Å². The van der Waals surface area contributed by atoms with Crippen molar-refractivity contribution in [2.24, 2.45) is 0 Å². The van der Waals surface area contributed by atoms with Crippen LogP contribution in [-0.4, -0.2) is 11.4 Å². The molecule has 3 aromatic heterocycles. The van der Waals surface area contributed by atoms with Gasteiger partial charge in [0.25, 0.3) is 0 Å². The van der Waals surface area contributed by atoms with Gasteiger partial charge in [-0.25, -0.2) is 0 Å². The van der Waals surface area contributed by atoms with E-state index in [1.807, 2.05) is 11.3 Å². The quantitative estimate of drug-likeness (QED) is 0.175. The molecular formula is C44H25BN2OS. The number of hydrogen-bond donors (Lipinski definition) is 0. The third-order valence-corrected chi connectivity index (χ3v) is 11.9. The average Bonchev–Trinajstić information content (AvgIpc) is 3.84. The molecule has 7 aromatic carbocycles. The summed E-state index contributed by atoms with van der Waals surface area (Å²) in [6.07, 6.45) is 0. The molecule has 0 amide bonds. The molecular weight excluding hydrogens is 615 g/mol. The molecule has 0 radical (unpaired) electrons. The minimum atomic E-state index is -0.0446. The molecule has 0 spiro atoms. The molecule has 5 heterocycles. The van der Waals surface area contributed by atoms with Crippen LogP contribution in [0.2, 0.25) is 0 Å². The Bertz CT molecular complexity index is 3010. The second-order valence-corrected chi connectivity index (χ2v) is 14.3. The molecule has 2 aliphatic rings. The predicted molar refractivity (Wildman–Crippen MR) is 208 cm³/mol. The molecule has 12 rings (SSSR count). The predicted octanol–water partition coefficient (Wildman–Crippen LogP) is 10.8. The number of rotatable bonds is 2. The summed E-state index contributed by atoms with van der Waals surface area (Å²) in [5.41, 5.74) is 14.3. The summed E-state index contributed by atoms with van der Waals surface area (Å²) in [6.45, 7) is -0.0446. The fraction of sp³-hybridized carbons (Fsp3) is 0. The lowest BCUT2D eigenvalue weighted by Gasteiger charge is -2.40. The first-order chi connectivity index (χ1) is 24.3. The van der Waals surface area contributed by atoms with E-state index in [0.717, 1.165) is 16.6 Å². The van der Waals surface area contributed by atoms with E-state index in [2.05, 4.69) is 161 Å². The van der Waals surface area contributed by atoms with Crippen LogP contribution in [0.4, 0.5) is 11.4 Å². The molecule has 10 aromatic rings. The van der Waals surface area contributed by atoms with Crippen LogP contribution in [-0.2, 0) is 0 Å². The van der Waals surface area contributed by atoms with E-state index in [0.29, 0.717) is 0 Å². The molecule has 0 N–H and O–H groups in total. The first-order valence-corrected chi connectivity index (χ1v) is 17.6. The summed E-state index contributed by atoms with van der Waals surface area (Å²) in [6, 6.07) is 55.1. The first kappa shape index (κ1) is 26.0. The highest BCUT2D eigenvalue weighted by Gasteiger charge is 2.47. The normalized spacial score (nSPS) is 13.2. The van der Waals surface area contributed by atoms with Crippen molar-refractivity contribution in [2.45, 2.75) is 0 Å². The van der Waals surface area contributed by atoms with Crippen LogP contribution in [0, 0.1) is 0 Å². The molecule has 49 heavy (non-hydrogen) atoms. The van der Waals surface area contributed by atoms with Gasteiger partial charge in [-0.1, -0.05) is 115 Å². The maximum Gasteiger partial charge on any atom is 0.343 e. The highest BCUT2D eigenvalue weighted by atomic mass is 32.1. The third-order valence-electron chi connectivity index (χ3n) is 10.7. The Balaban J connectivity index is 1.33. The van der Waals surface area contributed by atoms with Gasteiger partial charge < -0.3 is 13.8 Å². The van der Waals surface area contributed by atoms with Gasteiger partial charge >= 0.3 is 6.85 Å². The van der Waals surface area contributed by atoms with E-state index in [4.69, 9.17) is 4.42 Å². The zero-order chi connectivity index (χ0) is 31.8. The monoisotopic (exact) mass is 640 g/mol. The maximum absolute atomic E-state index is 6.97. The van der Waals surface area contributed by atoms with Gasteiger partial charge in [-0.3, -0.25) is 0 Å². The van der Waals surface area contributed by atoms with Crippen LogP contribution in [0.15, 0.2) is 156 Å². The van der Waals surface area contributed by atoms with Crippen LogP contribution < -0.4 is 15.1 Å². The summed E-state index contributed by atoms with van der Waals surface area (Å²) in [5.74, 6) is 0. The fourth-order valence-electron chi connectivity index (χ4n) is 8.84. The van der Waals surface area contributed by atoms with E-state index in [9.17, 15) is 0 Å². The first-order valence-electron chi connectivity index (χ1n) is 16.8. The Labute approximate surface area is 286 Å². The topological polar surface area (TPSA) is 21.3 Å². The number of fused-ring (bicyclic) bond motifs is 15. The van der Waals surface area contributed by atoms with Crippen molar-refractivity contribution in [2.75, 3.05) is 4.81 Å². The largest absolute Gasteiger partial charge is 0.455 e. The van der Waals surface area contributed by atoms with Gasteiger partial charge in [0.05, 0.1) is 16.7 Å². The standard InChI is InChI=1S/C44H25BN2OS/c1-3-13-26(14-4-1)27-23-24-32-36(25-27)49-44-41(32)46-33-20-10-7-17-29(33)37-38-31-19-9-12-22-35(31)48-43(38)39-30-18-8-11-21-34(30)47(28-15-5-2-6-16-28)45(44)40(39)42(37)46/h1-25H. The van der Waals surface area contributed by atoms with Crippen LogP contribution in [0.5, 0.6) is 0 Å². The van der Waals surface area contributed by atoms with Crippen molar-refractivity contribution in [1.29, 1.82) is 0 Å². The van der Waals surface area contributed by atoms with Crippen molar-refractivity contribution >= 4 is 93.6 Å². The Kier molecular flexibility index (Phi) is 4.94. The van der Waals surface area contributed by atoms with Crippen molar-refractivity contribution in [3.63, 3.8) is 0 Å². The van der Waals surface area contributed by atoms with Crippen molar-refractivity contribution in [1.82, 2.24) is 4.57 Å². The minimum absolute atomic E-state index is 0.0446. The lowest BCUT2D eigenvalue weighted by molar-refractivity contribution is 0.670. The second-order valence-electron chi connectivity index (χ2n) is 13.2. The van der Waals surface area contributed by atoms with Gasteiger partial charge in [0.2, 0.25) is 0 Å². The molecule has 3 nitrogen and oxygen atoms in total. The lowest BCUT2D eigenvalue weighted by Crippen LogP contribution is -2.59. The Morgan fingerprint density at radius 2 is 1.33 bits per heavy atom. The molecule has 0 atom stereocenters. The average molecular weight is 641 g/mol. The van der Waals surface area contributed by atoms with E-state index in [1.54, 1.807) is 0 Å². The van der Waals surface area contributed by atoms with Gasteiger partial charge in [-0.15, -0.1) is 11.3 Å². The SMILES string of the molecule is c1ccc(-c2ccc3c4c(sc3c2)B2c3c(c5oc6ccccc6c5c5c6ccccc6n-4c35)-c3ccccc3N2c2ccccc2)cc1. The molecule has 0 fully saturated rings. The van der Waals surface area contributed by atoms with Crippen LogP contribution in [0.25, 0.3) is 81.8 Å². The zero-order valence-corrected chi connectivity index (χ0v) is 27.0. The van der Waals surface area contributed by atoms with E-state index < -0.39 is 0 Å². The van der Waals surface area contributed by atoms with E-state index >= 15 is 0 Å². The summed E-state index contributed by atoms with van der Waals surface area (Å²) < 4.78 is 12.2. The highest BCUT2D eigenvalue weighted by molar-refractivity contribution is 7.32. The fourth-order valence-corrected chi connectivity index (χ4v) is 10.2. The number of furan rings is 1. The van der Waals surface area contributed by atoms with Crippen LogP contribution in [0.3, 0.4) is 0 Å². The number of thiophene rings is 1. The molecule has 2 aliphatic heterocycles. The minimum Gasteiger partial charge on any atom is -0.455 e. The highest BCUT2D eigenvalue weighted by Crippen LogP contribution is 2.52. The summed E-state index contributed by atoms with van der Waals surface area (Å²) >= 11 is 1.93. The maximum atomic E-state index is 6.97. The summed E-state index contributed by atoms with van der Waals surface area (Å²) in [4.78, 5) is 2.58. The number of hydrogen-bond acceptors (Lipinski definition) is 3. The molecule has 0 saturated heterocycles. The van der Waals surface area contributed by atoms with Gasteiger partial charge in [-0.05, 0) is 53.0 Å². The number of anilines is 2. The van der Waals surface area contributed by atoms with Gasteiger partial charge in [-0.2, -0.15) is 0 Å². The molecule has 5 heteroatoms. The van der Waals surface area contributed by atoms with Crippen LogP contribution >= 0.6 is 11.3 Å². The smallest absolute Gasteiger partial charge is 0.343 e. The molecule has 0 saturated carbocycles. The van der Waals surface area contributed by atoms with E-state index in [1.165, 1.54) is 86.8 Å². The summed E-state index contributed by atoms with van der Waals surface area (Å²) in [7, 11) is 0. The van der Waals surface area contributed by atoms with Gasteiger partial charge in [0.1, 0.15) is 11.2 Å². The Hall–Kier alpha value is -6.04. The zero-order valence-electron chi connectivity index (χ0n) is 26.2. The molecule has 0 unspecified atom stereocenters. The molecule has 0 bridgehead atoms. The van der Waals surface area contributed by atoms with Crippen molar-refractivity contribution < 1.29 is 4.42 Å². The van der Waals surface area contributed by atoms with E-state index in [-0.39, 0.29) is 6.85 Å². The van der Waals surface area contributed by atoms with Gasteiger partial charge in [0.15, 0.2) is 0 Å². The Morgan fingerprint density at radius 1 is 0.592 bits per heavy atom.